The maximum absolute atomic E-state index is 12.3. The van der Waals surface area contributed by atoms with Crippen LogP contribution in [0.15, 0.2) is 30.3 Å². The third-order valence-corrected chi connectivity index (χ3v) is 3.60. The third kappa shape index (κ3) is 4.48. The fourth-order valence-corrected chi connectivity index (χ4v) is 2.31. The van der Waals surface area contributed by atoms with Gasteiger partial charge >= 0.3 is 12.0 Å². The van der Waals surface area contributed by atoms with Crippen LogP contribution in [0.2, 0.25) is 0 Å². The van der Waals surface area contributed by atoms with Crippen LogP contribution >= 0.6 is 0 Å². The van der Waals surface area contributed by atoms with Gasteiger partial charge in [0.05, 0.1) is 0 Å². The minimum absolute atomic E-state index is 0.292. The first-order chi connectivity index (χ1) is 10.1. The third-order valence-electron chi connectivity index (χ3n) is 3.60. The highest BCUT2D eigenvalue weighted by Crippen LogP contribution is 2.29. The first kappa shape index (κ1) is 15.4. The Morgan fingerprint density at radius 2 is 2.00 bits per heavy atom. The molecule has 114 valence electrons. The molecule has 0 radical (unpaired) electrons. The van der Waals surface area contributed by atoms with Gasteiger partial charge in [-0.05, 0) is 30.7 Å². The first-order valence-electron chi connectivity index (χ1n) is 7.45. The van der Waals surface area contributed by atoms with Gasteiger partial charge in [0, 0.05) is 13.1 Å². The fourth-order valence-electron chi connectivity index (χ4n) is 2.31. The molecular formula is C16H22N2O3. The number of aliphatic carboxylic acids is 1. The van der Waals surface area contributed by atoms with Crippen LogP contribution in [-0.2, 0) is 4.79 Å². The molecule has 1 fully saturated rings. The highest BCUT2D eigenvalue weighted by molar-refractivity contribution is 5.83. The van der Waals surface area contributed by atoms with Crippen molar-refractivity contribution in [2.45, 2.75) is 32.2 Å². The predicted molar refractivity (Wildman–Crippen MR) is 79.9 cm³/mol. The van der Waals surface area contributed by atoms with Gasteiger partial charge in [0.25, 0.3) is 0 Å². The van der Waals surface area contributed by atoms with Crippen molar-refractivity contribution in [1.29, 1.82) is 0 Å². The van der Waals surface area contributed by atoms with Gasteiger partial charge < -0.3 is 15.3 Å². The molecule has 2 amide bonds. The van der Waals surface area contributed by atoms with Crippen LogP contribution < -0.4 is 5.32 Å². The number of hydrogen-bond acceptors (Lipinski definition) is 2. The molecule has 1 aromatic rings. The van der Waals surface area contributed by atoms with Crippen LogP contribution in [0.4, 0.5) is 4.79 Å². The van der Waals surface area contributed by atoms with Gasteiger partial charge in [-0.25, -0.2) is 9.59 Å². The molecular weight excluding hydrogens is 268 g/mol. The number of amides is 2. The molecule has 1 saturated carbocycles. The Kier molecular flexibility index (Phi) is 5.20. The molecule has 0 bridgehead atoms. The summed E-state index contributed by atoms with van der Waals surface area (Å²) >= 11 is 0. The molecule has 0 unspecified atom stereocenters. The summed E-state index contributed by atoms with van der Waals surface area (Å²) < 4.78 is 0. The van der Waals surface area contributed by atoms with Gasteiger partial charge in [-0.3, -0.25) is 0 Å². The zero-order chi connectivity index (χ0) is 15.2. The molecule has 21 heavy (non-hydrogen) atoms. The number of urea groups is 1. The summed E-state index contributed by atoms with van der Waals surface area (Å²) in [6.45, 7) is 3.39. The summed E-state index contributed by atoms with van der Waals surface area (Å²) in [7, 11) is 0. The summed E-state index contributed by atoms with van der Waals surface area (Å²) in [4.78, 5) is 25.5. The first-order valence-corrected chi connectivity index (χ1v) is 7.45. The number of rotatable bonds is 7. The minimum atomic E-state index is -1.04. The SMILES string of the molecule is CCCN(CC1CC1)C(=O)N[C@@H](C(=O)O)c1ccccc1. The van der Waals surface area contributed by atoms with E-state index in [0.29, 0.717) is 18.0 Å². The maximum Gasteiger partial charge on any atom is 0.330 e. The van der Waals surface area contributed by atoms with Crippen LogP contribution in [0.25, 0.3) is 0 Å². The van der Waals surface area contributed by atoms with Gasteiger partial charge in [0.15, 0.2) is 6.04 Å². The van der Waals surface area contributed by atoms with E-state index in [-0.39, 0.29) is 6.03 Å². The van der Waals surface area contributed by atoms with Gasteiger partial charge in [0.2, 0.25) is 0 Å². The van der Waals surface area contributed by atoms with Crippen molar-refractivity contribution in [1.82, 2.24) is 10.2 Å². The Labute approximate surface area is 125 Å². The average Bonchev–Trinajstić information content (AvgIpc) is 3.28. The van der Waals surface area contributed by atoms with E-state index in [0.717, 1.165) is 25.8 Å². The quantitative estimate of drug-likeness (QED) is 0.811. The van der Waals surface area contributed by atoms with Crippen LogP contribution in [-0.4, -0.2) is 35.1 Å². The molecule has 0 spiro atoms. The van der Waals surface area contributed by atoms with E-state index in [1.54, 1.807) is 29.2 Å². The normalized spacial score (nSPS) is 15.3. The number of hydrogen-bond donors (Lipinski definition) is 2. The van der Waals surface area contributed by atoms with E-state index in [4.69, 9.17) is 0 Å². The van der Waals surface area contributed by atoms with Crippen molar-refractivity contribution in [3.63, 3.8) is 0 Å². The van der Waals surface area contributed by atoms with Crippen molar-refractivity contribution in [3.05, 3.63) is 35.9 Å². The zero-order valence-corrected chi connectivity index (χ0v) is 12.3. The second-order valence-corrected chi connectivity index (χ2v) is 5.52. The molecule has 0 saturated heterocycles. The molecule has 1 aromatic carbocycles. The number of benzene rings is 1. The highest BCUT2D eigenvalue weighted by atomic mass is 16.4. The van der Waals surface area contributed by atoms with Gasteiger partial charge in [-0.2, -0.15) is 0 Å². The molecule has 5 nitrogen and oxygen atoms in total. The van der Waals surface area contributed by atoms with Crippen LogP contribution in [0.3, 0.4) is 0 Å². The van der Waals surface area contributed by atoms with Gasteiger partial charge in [0.1, 0.15) is 0 Å². The number of nitrogens with one attached hydrogen (secondary N) is 1. The van der Waals surface area contributed by atoms with Crippen LogP contribution in [0.5, 0.6) is 0 Å². The monoisotopic (exact) mass is 290 g/mol. The fraction of sp³-hybridized carbons (Fsp3) is 0.500. The highest BCUT2D eigenvalue weighted by Gasteiger charge is 2.29. The molecule has 0 aliphatic heterocycles. The molecule has 0 aromatic heterocycles. The molecule has 2 rings (SSSR count). The minimum Gasteiger partial charge on any atom is -0.479 e. The lowest BCUT2D eigenvalue weighted by molar-refractivity contribution is -0.139. The van der Waals surface area contributed by atoms with E-state index in [1.807, 2.05) is 13.0 Å². The van der Waals surface area contributed by atoms with Crippen molar-refractivity contribution < 1.29 is 14.7 Å². The van der Waals surface area contributed by atoms with E-state index in [1.165, 1.54) is 0 Å². The molecule has 0 heterocycles. The number of nitrogens with zero attached hydrogens (tertiary/aromatic N) is 1. The Balaban J connectivity index is 2.04. The Morgan fingerprint density at radius 3 is 2.52 bits per heavy atom. The molecule has 1 atom stereocenters. The zero-order valence-electron chi connectivity index (χ0n) is 12.3. The molecule has 5 heteroatoms. The molecule has 1 aliphatic rings. The van der Waals surface area contributed by atoms with E-state index < -0.39 is 12.0 Å². The number of carboxylic acid groups (broad SMARTS) is 1. The van der Waals surface area contributed by atoms with Gasteiger partial charge in [-0.15, -0.1) is 0 Å². The Bertz CT molecular complexity index is 486. The summed E-state index contributed by atoms with van der Waals surface area (Å²) in [5.74, 6) is -0.459. The standard InChI is InChI=1S/C16H22N2O3/c1-2-10-18(11-12-8-9-12)16(21)17-14(15(19)20)13-6-4-3-5-7-13/h3-7,12,14H,2,8-11H2,1H3,(H,17,21)(H,19,20)/t14-/m1/s1. The second-order valence-electron chi connectivity index (χ2n) is 5.52. The number of carbonyl (C=O) groups is 2. The Hall–Kier alpha value is -2.04. The van der Waals surface area contributed by atoms with Crippen molar-refractivity contribution in [2.24, 2.45) is 5.92 Å². The largest absolute Gasteiger partial charge is 0.479 e. The Morgan fingerprint density at radius 1 is 1.33 bits per heavy atom. The van der Waals surface area contributed by atoms with Crippen molar-refractivity contribution in [2.75, 3.05) is 13.1 Å². The maximum atomic E-state index is 12.3. The lowest BCUT2D eigenvalue weighted by atomic mass is 10.1. The summed E-state index contributed by atoms with van der Waals surface area (Å²) in [5.41, 5.74) is 0.584. The summed E-state index contributed by atoms with van der Waals surface area (Å²) in [6.07, 6.45) is 3.19. The van der Waals surface area contributed by atoms with Gasteiger partial charge in [-0.1, -0.05) is 37.3 Å². The number of carbonyl (C=O) groups excluding carboxylic acids is 1. The second kappa shape index (κ2) is 7.11. The van der Waals surface area contributed by atoms with E-state index in [2.05, 4.69) is 5.32 Å². The van der Waals surface area contributed by atoms with Crippen LogP contribution in [0, 0.1) is 5.92 Å². The predicted octanol–water partition coefficient (Wildman–Crippen LogP) is 2.64. The molecule has 1 aliphatic carbocycles. The summed E-state index contributed by atoms with van der Waals surface area (Å²) in [5, 5.41) is 12.0. The van der Waals surface area contributed by atoms with Crippen molar-refractivity contribution >= 4 is 12.0 Å². The van der Waals surface area contributed by atoms with E-state index >= 15 is 0 Å². The topological polar surface area (TPSA) is 69.6 Å². The lowest BCUT2D eigenvalue weighted by Crippen LogP contribution is -2.45. The van der Waals surface area contributed by atoms with Crippen molar-refractivity contribution in [3.8, 4) is 0 Å². The lowest BCUT2D eigenvalue weighted by Gasteiger charge is -2.25. The average molecular weight is 290 g/mol. The molecule has 2 N–H and O–H groups in total. The van der Waals surface area contributed by atoms with E-state index in [9.17, 15) is 14.7 Å². The number of carboxylic acids is 1. The van der Waals surface area contributed by atoms with Crippen LogP contribution in [0.1, 0.15) is 37.8 Å². The summed E-state index contributed by atoms with van der Waals surface area (Å²) in [6, 6.07) is 7.49. The smallest absolute Gasteiger partial charge is 0.330 e.